The first-order valence-corrected chi connectivity index (χ1v) is 5.62. The van der Waals surface area contributed by atoms with Gasteiger partial charge in [0.2, 0.25) is 0 Å². The Bertz CT molecular complexity index is 466. The van der Waals surface area contributed by atoms with Gasteiger partial charge >= 0.3 is 0 Å². The van der Waals surface area contributed by atoms with Gasteiger partial charge in [-0.1, -0.05) is 66.7 Å². The SMILES string of the molecule is Cc1ccccc1C=CCc1ccccc1. The first kappa shape index (κ1) is 10.7. The Labute approximate surface area is 97.3 Å². The molecule has 0 heteroatoms. The average Bonchev–Trinajstić information content (AvgIpc) is 2.33. The van der Waals surface area contributed by atoms with E-state index in [9.17, 15) is 0 Å². The van der Waals surface area contributed by atoms with Crippen molar-refractivity contribution < 1.29 is 0 Å². The van der Waals surface area contributed by atoms with Crippen LogP contribution >= 0.6 is 0 Å². The van der Waals surface area contributed by atoms with Crippen LogP contribution < -0.4 is 0 Å². The van der Waals surface area contributed by atoms with Crippen molar-refractivity contribution in [3.63, 3.8) is 0 Å². The molecule has 2 rings (SSSR count). The van der Waals surface area contributed by atoms with Crippen LogP contribution in [-0.2, 0) is 6.42 Å². The summed E-state index contributed by atoms with van der Waals surface area (Å²) in [4.78, 5) is 0. The van der Waals surface area contributed by atoms with Gasteiger partial charge in [0.25, 0.3) is 0 Å². The lowest BCUT2D eigenvalue weighted by Gasteiger charge is -1.98. The molecule has 16 heavy (non-hydrogen) atoms. The fourth-order valence-electron chi connectivity index (χ4n) is 1.71. The van der Waals surface area contributed by atoms with Gasteiger partial charge in [-0.2, -0.15) is 0 Å². The second kappa shape index (κ2) is 5.32. The molecule has 2 aromatic rings. The zero-order valence-electron chi connectivity index (χ0n) is 9.56. The minimum absolute atomic E-state index is 0.995. The van der Waals surface area contributed by atoms with Crippen molar-refractivity contribution >= 4 is 6.08 Å². The largest absolute Gasteiger partial charge is 0.0795 e. The van der Waals surface area contributed by atoms with E-state index in [-0.39, 0.29) is 0 Å². The van der Waals surface area contributed by atoms with Gasteiger partial charge in [-0.25, -0.2) is 0 Å². The molecule has 0 N–H and O–H groups in total. The van der Waals surface area contributed by atoms with E-state index in [0.29, 0.717) is 0 Å². The van der Waals surface area contributed by atoms with Crippen LogP contribution in [0.2, 0.25) is 0 Å². The molecule has 0 aliphatic rings. The topological polar surface area (TPSA) is 0 Å². The van der Waals surface area contributed by atoms with Gasteiger partial charge in [0, 0.05) is 0 Å². The van der Waals surface area contributed by atoms with Crippen LogP contribution in [-0.4, -0.2) is 0 Å². The molecule has 0 aliphatic heterocycles. The molecule has 0 heterocycles. The number of aryl methyl sites for hydroxylation is 1. The van der Waals surface area contributed by atoms with Gasteiger partial charge < -0.3 is 0 Å². The molecule has 0 saturated carbocycles. The highest BCUT2D eigenvalue weighted by atomic mass is 14.0. The summed E-state index contributed by atoms with van der Waals surface area (Å²) in [5.41, 5.74) is 3.98. The average molecular weight is 208 g/mol. The molecule has 0 aromatic heterocycles. The molecule has 0 atom stereocenters. The van der Waals surface area contributed by atoms with Gasteiger partial charge in [0.15, 0.2) is 0 Å². The van der Waals surface area contributed by atoms with Gasteiger partial charge in [-0.3, -0.25) is 0 Å². The Balaban J connectivity index is 2.03. The molecule has 0 spiro atoms. The van der Waals surface area contributed by atoms with Gasteiger partial charge in [0.05, 0.1) is 0 Å². The monoisotopic (exact) mass is 208 g/mol. The van der Waals surface area contributed by atoms with Crippen LogP contribution in [0, 0.1) is 6.92 Å². The predicted octanol–water partition coefficient (Wildman–Crippen LogP) is 4.25. The first-order valence-electron chi connectivity index (χ1n) is 5.62. The van der Waals surface area contributed by atoms with Crippen LogP contribution in [0.5, 0.6) is 0 Å². The number of hydrogen-bond acceptors (Lipinski definition) is 0. The predicted molar refractivity (Wildman–Crippen MR) is 70.4 cm³/mol. The zero-order valence-corrected chi connectivity index (χ0v) is 9.56. The van der Waals surface area contributed by atoms with E-state index in [1.165, 1.54) is 16.7 Å². The smallest absolute Gasteiger partial charge is 0.00941 e. The lowest BCUT2D eigenvalue weighted by atomic mass is 10.1. The summed E-state index contributed by atoms with van der Waals surface area (Å²) in [6, 6.07) is 19.0. The Morgan fingerprint density at radius 2 is 1.56 bits per heavy atom. The summed E-state index contributed by atoms with van der Waals surface area (Å²) in [5, 5.41) is 0. The van der Waals surface area contributed by atoms with Crippen molar-refractivity contribution in [1.29, 1.82) is 0 Å². The first-order chi connectivity index (χ1) is 7.86. The van der Waals surface area contributed by atoms with E-state index in [0.717, 1.165) is 6.42 Å². The summed E-state index contributed by atoms with van der Waals surface area (Å²) < 4.78 is 0. The van der Waals surface area contributed by atoms with E-state index in [4.69, 9.17) is 0 Å². The quantitative estimate of drug-likeness (QED) is 0.707. The second-order valence-corrected chi connectivity index (χ2v) is 3.95. The number of rotatable bonds is 3. The summed E-state index contributed by atoms with van der Waals surface area (Å²) in [7, 11) is 0. The minimum atomic E-state index is 0.995. The summed E-state index contributed by atoms with van der Waals surface area (Å²) in [6.07, 6.45) is 5.41. The fraction of sp³-hybridized carbons (Fsp3) is 0.125. The van der Waals surface area contributed by atoms with Crippen LogP contribution in [0.25, 0.3) is 6.08 Å². The summed E-state index contributed by atoms with van der Waals surface area (Å²) >= 11 is 0. The number of hydrogen-bond donors (Lipinski definition) is 0. The molecule has 0 nitrogen and oxygen atoms in total. The maximum Gasteiger partial charge on any atom is -0.00941 e. The maximum atomic E-state index is 2.22. The number of benzene rings is 2. The van der Waals surface area contributed by atoms with Gasteiger partial charge in [-0.15, -0.1) is 0 Å². The van der Waals surface area contributed by atoms with Crippen molar-refractivity contribution in [2.45, 2.75) is 13.3 Å². The molecule has 0 unspecified atom stereocenters. The van der Waals surface area contributed by atoms with E-state index in [1.54, 1.807) is 0 Å². The zero-order chi connectivity index (χ0) is 11.2. The van der Waals surface area contributed by atoms with E-state index < -0.39 is 0 Å². The van der Waals surface area contributed by atoms with Crippen LogP contribution in [0.4, 0.5) is 0 Å². The Hall–Kier alpha value is -1.82. The summed E-state index contributed by atoms with van der Waals surface area (Å²) in [5.74, 6) is 0. The molecule has 0 amide bonds. The molecule has 0 fully saturated rings. The van der Waals surface area contributed by atoms with Gasteiger partial charge in [-0.05, 0) is 30.0 Å². The fourth-order valence-corrected chi connectivity index (χ4v) is 1.71. The van der Waals surface area contributed by atoms with E-state index >= 15 is 0 Å². The van der Waals surface area contributed by atoms with E-state index in [2.05, 4.69) is 73.7 Å². The number of allylic oxidation sites excluding steroid dienone is 1. The highest BCUT2D eigenvalue weighted by molar-refractivity contribution is 5.53. The van der Waals surface area contributed by atoms with Crippen LogP contribution in [0.1, 0.15) is 16.7 Å². The van der Waals surface area contributed by atoms with Crippen LogP contribution in [0.15, 0.2) is 60.7 Å². The lowest BCUT2D eigenvalue weighted by molar-refractivity contribution is 1.28. The third-order valence-corrected chi connectivity index (χ3v) is 2.68. The van der Waals surface area contributed by atoms with Crippen molar-refractivity contribution in [1.82, 2.24) is 0 Å². The molecular weight excluding hydrogens is 192 g/mol. The van der Waals surface area contributed by atoms with Crippen molar-refractivity contribution in [2.75, 3.05) is 0 Å². The lowest BCUT2D eigenvalue weighted by Crippen LogP contribution is -1.81. The molecule has 0 bridgehead atoms. The maximum absolute atomic E-state index is 2.22. The Kier molecular flexibility index (Phi) is 3.55. The van der Waals surface area contributed by atoms with Crippen molar-refractivity contribution in [3.8, 4) is 0 Å². The standard InChI is InChI=1S/C16H16/c1-14-8-5-6-12-16(14)13-7-11-15-9-3-2-4-10-15/h2-10,12-13H,11H2,1H3. The van der Waals surface area contributed by atoms with Crippen molar-refractivity contribution in [3.05, 3.63) is 77.4 Å². The highest BCUT2D eigenvalue weighted by Crippen LogP contribution is 2.10. The molecule has 0 aliphatic carbocycles. The normalized spacial score (nSPS) is 10.8. The minimum Gasteiger partial charge on any atom is -0.0795 e. The Morgan fingerprint density at radius 1 is 0.875 bits per heavy atom. The Morgan fingerprint density at radius 3 is 2.31 bits per heavy atom. The third-order valence-electron chi connectivity index (χ3n) is 2.68. The van der Waals surface area contributed by atoms with Gasteiger partial charge in [0.1, 0.15) is 0 Å². The molecule has 0 radical (unpaired) electrons. The second-order valence-electron chi connectivity index (χ2n) is 3.95. The third kappa shape index (κ3) is 2.83. The molecule has 0 saturated heterocycles. The van der Waals surface area contributed by atoms with E-state index in [1.807, 2.05) is 0 Å². The highest BCUT2D eigenvalue weighted by Gasteiger charge is 1.91. The molecular formula is C16H16. The molecule has 80 valence electrons. The summed E-state index contributed by atoms with van der Waals surface area (Å²) in [6.45, 7) is 2.14. The van der Waals surface area contributed by atoms with Crippen LogP contribution in [0.3, 0.4) is 0 Å². The van der Waals surface area contributed by atoms with Crippen molar-refractivity contribution in [2.24, 2.45) is 0 Å². The molecule has 2 aromatic carbocycles.